The maximum absolute atomic E-state index is 13.0. The van der Waals surface area contributed by atoms with E-state index in [4.69, 9.17) is 9.47 Å². The lowest BCUT2D eigenvalue weighted by molar-refractivity contribution is -0.118. The molecule has 0 bridgehead atoms. The first-order chi connectivity index (χ1) is 15.0. The molecular formula is C23H22N2O5S. The van der Waals surface area contributed by atoms with Crippen molar-refractivity contribution in [3.05, 3.63) is 78.4 Å². The number of para-hydroxylation sites is 1. The van der Waals surface area contributed by atoms with Crippen LogP contribution in [0.25, 0.3) is 0 Å². The number of nitrogens with one attached hydrogen (secondary N) is 1. The fourth-order valence-electron chi connectivity index (χ4n) is 3.44. The van der Waals surface area contributed by atoms with Gasteiger partial charge < -0.3 is 14.8 Å². The van der Waals surface area contributed by atoms with Crippen molar-refractivity contribution in [1.29, 1.82) is 0 Å². The van der Waals surface area contributed by atoms with Crippen LogP contribution < -0.4 is 19.1 Å². The number of amides is 1. The molecule has 0 unspecified atom stereocenters. The van der Waals surface area contributed by atoms with Gasteiger partial charge in [0.25, 0.3) is 15.9 Å². The standard InChI is InChI=1S/C23H22N2O5S/c1-29-20-7-4-6-18(15-20)24-23(26)16-30-19-9-11-21(12-10-19)31(27,28)25-14-13-17-5-2-3-8-22(17)25/h2-12,15H,13-14,16H2,1H3,(H,24,26). The number of sulfonamides is 1. The molecule has 0 aromatic heterocycles. The van der Waals surface area contributed by atoms with E-state index in [0.29, 0.717) is 30.2 Å². The van der Waals surface area contributed by atoms with Crippen LogP contribution in [-0.4, -0.2) is 34.6 Å². The van der Waals surface area contributed by atoms with Crippen molar-refractivity contribution in [2.75, 3.05) is 29.9 Å². The van der Waals surface area contributed by atoms with Gasteiger partial charge in [0.1, 0.15) is 11.5 Å². The van der Waals surface area contributed by atoms with Gasteiger partial charge in [-0.3, -0.25) is 9.10 Å². The summed E-state index contributed by atoms with van der Waals surface area (Å²) < 4.78 is 38.1. The summed E-state index contributed by atoms with van der Waals surface area (Å²) in [5.41, 5.74) is 2.34. The van der Waals surface area contributed by atoms with Crippen LogP contribution in [0, 0.1) is 0 Å². The molecule has 4 rings (SSSR count). The fraction of sp³-hybridized carbons (Fsp3) is 0.174. The largest absolute Gasteiger partial charge is 0.497 e. The maximum atomic E-state index is 13.0. The second-order valence-electron chi connectivity index (χ2n) is 7.00. The van der Waals surface area contributed by atoms with Crippen molar-refractivity contribution in [3.63, 3.8) is 0 Å². The number of nitrogens with zero attached hydrogens (tertiary/aromatic N) is 1. The molecule has 3 aromatic carbocycles. The molecular weight excluding hydrogens is 416 g/mol. The van der Waals surface area contributed by atoms with Crippen LogP contribution in [0.15, 0.2) is 77.7 Å². The molecule has 0 aliphatic carbocycles. The summed E-state index contributed by atoms with van der Waals surface area (Å²) in [7, 11) is -2.11. The average molecular weight is 439 g/mol. The van der Waals surface area contributed by atoms with Crippen molar-refractivity contribution in [1.82, 2.24) is 0 Å². The quantitative estimate of drug-likeness (QED) is 0.611. The minimum absolute atomic E-state index is 0.178. The highest BCUT2D eigenvalue weighted by Crippen LogP contribution is 2.33. The van der Waals surface area contributed by atoms with E-state index in [9.17, 15) is 13.2 Å². The monoisotopic (exact) mass is 438 g/mol. The van der Waals surface area contributed by atoms with E-state index in [2.05, 4.69) is 5.32 Å². The Morgan fingerprint density at radius 3 is 2.55 bits per heavy atom. The molecule has 31 heavy (non-hydrogen) atoms. The number of rotatable bonds is 7. The minimum atomic E-state index is -3.66. The van der Waals surface area contributed by atoms with Crippen molar-refractivity contribution >= 4 is 27.3 Å². The molecule has 1 N–H and O–H groups in total. The van der Waals surface area contributed by atoms with E-state index in [1.54, 1.807) is 43.5 Å². The van der Waals surface area contributed by atoms with Crippen LogP contribution in [0.2, 0.25) is 0 Å². The van der Waals surface area contributed by atoms with Gasteiger partial charge in [0.05, 0.1) is 17.7 Å². The third-order valence-corrected chi connectivity index (χ3v) is 6.81. The number of methoxy groups -OCH3 is 1. The summed E-state index contributed by atoms with van der Waals surface area (Å²) in [6.45, 7) is 0.215. The molecule has 1 heterocycles. The van der Waals surface area contributed by atoms with Crippen molar-refractivity contribution < 1.29 is 22.7 Å². The van der Waals surface area contributed by atoms with Crippen LogP contribution in [0.1, 0.15) is 5.56 Å². The molecule has 1 aliphatic rings. The number of hydrogen-bond acceptors (Lipinski definition) is 5. The average Bonchev–Trinajstić information content (AvgIpc) is 3.23. The maximum Gasteiger partial charge on any atom is 0.264 e. The van der Waals surface area contributed by atoms with Crippen LogP contribution in [0.5, 0.6) is 11.5 Å². The predicted octanol–water partition coefficient (Wildman–Crippen LogP) is 3.46. The Labute approximate surface area is 181 Å². The Hall–Kier alpha value is -3.52. The number of benzene rings is 3. The predicted molar refractivity (Wildman–Crippen MR) is 118 cm³/mol. The first-order valence-electron chi connectivity index (χ1n) is 9.75. The van der Waals surface area contributed by atoms with Gasteiger partial charge in [-0.1, -0.05) is 24.3 Å². The number of ether oxygens (including phenoxy) is 2. The lowest BCUT2D eigenvalue weighted by Crippen LogP contribution is -2.29. The van der Waals surface area contributed by atoms with Gasteiger partial charge in [-0.25, -0.2) is 8.42 Å². The summed E-state index contributed by atoms with van der Waals surface area (Å²) in [6, 6.07) is 20.6. The van der Waals surface area contributed by atoms with Crippen molar-refractivity contribution in [3.8, 4) is 11.5 Å². The lowest BCUT2D eigenvalue weighted by Gasteiger charge is -2.19. The molecule has 0 radical (unpaired) electrons. The summed E-state index contributed by atoms with van der Waals surface area (Å²) in [5, 5.41) is 2.72. The summed E-state index contributed by atoms with van der Waals surface area (Å²) in [5.74, 6) is 0.705. The van der Waals surface area contributed by atoms with Gasteiger partial charge >= 0.3 is 0 Å². The van der Waals surface area contributed by atoms with Crippen LogP contribution >= 0.6 is 0 Å². The highest BCUT2D eigenvalue weighted by atomic mass is 32.2. The Balaban J connectivity index is 1.39. The third kappa shape index (κ3) is 4.49. The second-order valence-corrected chi connectivity index (χ2v) is 8.86. The van der Waals surface area contributed by atoms with Crippen molar-refractivity contribution in [2.24, 2.45) is 0 Å². The Bertz CT molecular complexity index is 1190. The summed E-state index contributed by atoms with van der Waals surface area (Å²) >= 11 is 0. The minimum Gasteiger partial charge on any atom is -0.497 e. The molecule has 7 nitrogen and oxygen atoms in total. The SMILES string of the molecule is COc1cccc(NC(=O)COc2ccc(S(=O)(=O)N3CCc4ccccc43)cc2)c1. The van der Waals surface area contributed by atoms with E-state index >= 15 is 0 Å². The number of carbonyl (C=O) groups is 1. The molecule has 160 valence electrons. The smallest absolute Gasteiger partial charge is 0.264 e. The Morgan fingerprint density at radius 1 is 1.00 bits per heavy atom. The van der Waals surface area contributed by atoms with Gasteiger partial charge in [-0.05, 0) is 54.4 Å². The van der Waals surface area contributed by atoms with E-state index in [1.165, 1.54) is 16.4 Å². The van der Waals surface area contributed by atoms with E-state index in [1.807, 2.05) is 24.3 Å². The number of hydrogen-bond donors (Lipinski definition) is 1. The molecule has 0 saturated heterocycles. The number of anilines is 2. The molecule has 0 atom stereocenters. The van der Waals surface area contributed by atoms with Gasteiger partial charge in [-0.2, -0.15) is 0 Å². The summed E-state index contributed by atoms with van der Waals surface area (Å²) in [4.78, 5) is 12.3. The van der Waals surface area contributed by atoms with Gasteiger partial charge in [0.2, 0.25) is 0 Å². The fourth-order valence-corrected chi connectivity index (χ4v) is 4.94. The van der Waals surface area contributed by atoms with Gasteiger partial charge in [-0.15, -0.1) is 0 Å². The molecule has 0 saturated carbocycles. The van der Waals surface area contributed by atoms with E-state index in [-0.39, 0.29) is 17.4 Å². The zero-order valence-electron chi connectivity index (χ0n) is 16.9. The van der Waals surface area contributed by atoms with Crippen LogP contribution in [0.3, 0.4) is 0 Å². The van der Waals surface area contributed by atoms with Gasteiger partial charge in [0.15, 0.2) is 6.61 Å². The highest BCUT2D eigenvalue weighted by molar-refractivity contribution is 7.92. The molecule has 1 aliphatic heterocycles. The highest BCUT2D eigenvalue weighted by Gasteiger charge is 2.30. The third-order valence-electron chi connectivity index (χ3n) is 4.98. The van der Waals surface area contributed by atoms with Crippen molar-refractivity contribution in [2.45, 2.75) is 11.3 Å². The van der Waals surface area contributed by atoms with E-state index in [0.717, 1.165) is 11.3 Å². The lowest BCUT2D eigenvalue weighted by atomic mass is 10.2. The first kappa shape index (κ1) is 20.7. The molecule has 3 aromatic rings. The first-order valence-corrected chi connectivity index (χ1v) is 11.2. The number of carbonyl (C=O) groups excluding carboxylic acids is 1. The molecule has 1 amide bonds. The normalized spacial score (nSPS) is 12.9. The molecule has 0 fully saturated rings. The topological polar surface area (TPSA) is 84.9 Å². The molecule has 0 spiro atoms. The van der Waals surface area contributed by atoms with Gasteiger partial charge in [0, 0.05) is 18.3 Å². The number of fused-ring (bicyclic) bond motifs is 1. The van der Waals surface area contributed by atoms with Crippen LogP contribution in [-0.2, 0) is 21.2 Å². The zero-order chi connectivity index (χ0) is 21.8. The Kier molecular flexibility index (Phi) is 5.81. The summed E-state index contributed by atoms with van der Waals surface area (Å²) in [6.07, 6.45) is 0.693. The zero-order valence-corrected chi connectivity index (χ0v) is 17.8. The Morgan fingerprint density at radius 2 is 1.77 bits per heavy atom. The second kappa shape index (κ2) is 8.69. The van der Waals surface area contributed by atoms with Crippen LogP contribution in [0.4, 0.5) is 11.4 Å². The van der Waals surface area contributed by atoms with E-state index < -0.39 is 10.0 Å². The molecule has 8 heteroatoms.